The van der Waals surface area contributed by atoms with E-state index in [2.05, 4.69) is 105 Å². The predicted octanol–water partition coefficient (Wildman–Crippen LogP) is 6.94. The van der Waals surface area contributed by atoms with Crippen LogP contribution in [-0.2, 0) is 4.74 Å². The molecule has 2 aliphatic heterocycles. The number of aromatic nitrogens is 3. The summed E-state index contributed by atoms with van der Waals surface area (Å²) in [5.41, 5.74) is 9.08. The fraction of sp³-hybridized carbons (Fsp3) is 0.371. The number of fused-ring (bicyclic) bond motifs is 2. The molecule has 0 amide bonds. The van der Waals surface area contributed by atoms with Gasteiger partial charge >= 0.3 is 0 Å². The molecule has 3 aromatic carbocycles. The molecule has 8 nitrogen and oxygen atoms in total. The van der Waals surface area contributed by atoms with Gasteiger partial charge in [0.2, 0.25) is 0 Å². The number of anilines is 4. The summed E-state index contributed by atoms with van der Waals surface area (Å²) in [6.45, 7) is 9.97. The van der Waals surface area contributed by atoms with Crippen LogP contribution in [0.2, 0.25) is 0 Å². The third-order valence-corrected chi connectivity index (χ3v) is 8.75. The standard InChI is InChI=1S/C32H33N7O.C3H8/c1-3-22(36-28-9-10-34-27-8-6-25(16-26(27)28)39-11-13-40-14-12-39)4-2-21(1)31-37-29-7-5-23(15-30(29)38-31)35-24-17-32(18-24)19-33-20-32;1-3-2/h1-10,15-16,24,33,35H,11-14,17-20H2,(H,34,36)(H,37,38);3H2,1-2H3. The summed E-state index contributed by atoms with van der Waals surface area (Å²) in [5.74, 6) is 0.881. The first-order chi connectivity index (χ1) is 21.1. The highest BCUT2D eigenvalue weighted by molar-refractivity contribution is 5.95. The first-order valence-corrected chi connectivity index (χ1v) is 15.7. The largest absolute Gasteiger partial charge is 0.382 e. The summed E-state index contributed by atoms with van der Waals surface area (Å²) < 4.78 is 5.53. The van der Waals surface area contributed by atoms with Crippen LogP contribution < -0.4 is 20.9 Å². The van der Waals surface area contributed by atoms with E-state index in [0.29, 0.717) is 11.5 Å². The summed E-state index contributed by atoms with van der Waals surface area (Å²) in [6.07, 6.45) is 5.63. The lowest BCUT2D eigenvalue weighted by Gasteiger charge is -2.54. The monoisotopic (exact) mass is 575 g/mol. The van der Waals surface area contributed by atoms with Gasteiger partial charge < -0.3 is 30.6 Å². The molecule has 5 aromatic rings. The molecule has 3 aliphatic rings. The van der Waals surface area contributed by atoms with Gasteiger partial charge in [-0.05, 0) is 85.0 Å². The Bertz CT molecular complexity index is 1700. The van der Waals surface area contributed by atoms with Crippen LogP contribution in [0.15, 0.2) is 72.9 Å². The predicted molar refractivity (Wildman–Crippen MR) is 177 cm³/mol. The molecule has 2 aromatic heterocycles. The highest BCUT2D eigenvalue weighted by Gasteiger charge is 2.48. The number of rotatable bonds is 6. The van der Waals surface area contributed by atoms with E-state index in [1.165, 1.54) is 38.0 Å². The Morgan fingerprint density at radius 2 is 1.65 bits per heavy atom. The van der Waals surface area contributed by atoms with Gasteiger partial charge in [-0.15, -0.1) is 0 Å². The first kappa shape index (κ1) is 27.7. The maximum absolute atomic E-state index is 5.53. The number of benzene rings is 3. The summed E-state index contributed by atoms with van der Waals surface area (Å²) in [7, 11) is 0. The van der Waals surface area contributed by atoms with Crippen LogP contribution in [0.4, 0.5) is 22.7 Å². The molecular formula is C35H41N7O. The minimum absolute atomic E-state index is 0.570. The van der Waals surface area contributed by atoms with Gasteiger partial charge in [0.05, 0.1) is 29.8 Å². The summed E-state index contributed by atoms with van der Waals surface area (Å²) in [5, 5.41) is 11.8. The molecule has 0 atom stereocenters. The highest BCUT2D eigenvalue weighted by Crippen LogP contribution is 2.45. The zero-order chi connectivity index (χ0) is 29.2. The second kappa shape index (κ2) is 11.9. The van der Waals surface area contributed by atoms with Crippen LogP contribution in [0.1, 0.15) is 33.1 Å². The maximum Gasteiger partial charge on any atom is 0.138 e. The van der Waals surface area contributed by atoms with Gasteiger partial charge in [-0.1, -0.05) is 20.3 Å². The van der Waals surface area contributed by atoms with Crippen molar-refractivity contribution in [1.29, 1.82) is 0 Å². The highest BCUT2D eigenvalue weighted by atomic mass is 16.5. The first-order valence-electron chi connectivity index (χ1n) is 15.7. The van der Waals surface area contributed by atoms with Crippen LogP contribution in [0.3, 0.4) is 0 Å². The minimum Gasteiger partial charge on any atom is -0.382 e. The molecule has 1 spiro atoms. The Hall–Kier alpha value is -4.14. The van der Waals surface area contributed by atoms with E-state index >= 15 is 0 Å². The van der Waals surface area contributed by atoms with E-state index < -0.39 is 0 Å². The van der Waals surface area contributed by atoms with E-state index in [-0.39, 0.29) is 0 Å². The Morgan fingerprint density at radius 3 is 2.40 bits per heavy atom. The van der Waals surface area contributed by atoms with Gasteiger partial charge in [0.25, 0.3) is 0 Å². The van der Waals surface area contributed by atoms with Crippen molar-refractivity contribution in [2.75, 3.05) is 54.9 Å². The number of ether oxygens (including phenoxy) is 1. The number of morpholine rings is 1. The maximum atomic E-state index is 5.53. The lowest BCUT2D eigenvalue weighted by Crippen LogP contribution is -2.63. The van der Waals surface area contributed by atoms with Crippen molar-refractivity contribution in [1.82, 2.24) is 20.3 Å². The van der Waals surface area contributed by atoms with Gasteiger partial charge in [-0.3, -0.25) is 4.98 Å². The van der Waals surface area contributed by atoms with Gasteiger partial charge in [0.1, 0.15) is 5.82 Å². The third kappa shape index (κ3) is 5.77. The molecule has 3 fully saturated rings. The van der Waals surface area contributed by atoms with Gasteiger partial charge in [-0.25, -0.2) is 4.98 Å². The van der Waals surface area contributed by atoms with Gasteiger partial charge in [0.15, 0.2) is 0 Å². The van der Waals surface area contributed by atoms with Crippen molar-refractivity contribution < 1.29 is 4.74 Å². The Balaban J connectivity index is 0.000000963. The van der Waals surface area contributed by atoms with E-state index in [1.54, 1.807) is 0 Å². The van der Waals surface area contributed by atoms with E-state index in [0.717, 1.165) is 76.7 Å². The average molecular weight is 576 g/mol. The molecule has 0 radical (unpaired) electrons. The van der Waals surface area contributed by atoms with Crippen molar-refractivity contribution in [3.8, 4) is 11.4 Å². The number of pyridine rings is 1. The van der Waals surface area contributed by atoms with Crippen molar-refractivity contribution in [3.05, 3.63) is 72.9 Å². The smallest absolute Gasteiger partial charge is 0.138 e. The molecule has 0 bridgehead atoms. The number of hydrogen-bond acceptors (Lipinski definition) is 7. The number of imidazole rings is 1. The van der Waals surface area contributed by atoms with Crippen LogP contribution in [0, 0.1) is 5.41 Å². The summed E-state index contributed by atoms with van der Waals surface area (Å²) >= 11 is 0. The second-order valence-corrected chi connectivity index (χ2v) is 12.2. The van der Waals surface area contributed by atoms with E-state index in [1.807, 2.05) is 12.3 Å². The fourth-order valence-electron chi connectivity index (χ4n) is 6.46. The van der Waals surface area contributed by atoms with Gasteiger partial charge in [-0.2, -0.15) is 0 Å². The van der Waals surface area contributed by atoms with Gasteiger partial charge in [0, 0.05) is 72.1 Å². The van der Waals surface area contributed by atoms with Crippen LogP contribution in [-0.4, -0.2) is 60.4 Å². The molecule has 8 heteroatoms. The zero-order valence-corrected chi connectivity index (χ0v) is 25.1. The number of hydrogen-bond donors (Lipinski definition) is 4. The van der Waals surface area contributed by atoms with Crippen LogP contribution in [0.5, 0.6) is 0 Å². The zero-order valence-electron chi connectivity index (χ0n) is 25.1. The van der Waals surface area contributed by atoms with Crippen LogP contribution in [0.25, 0.3) is 33.3 Å². The number of nitrogens with zero attached hydrogens (tertiary/aromatic N) is 3. The molecule has 2 saturated heterocycles. The lowest BCUT2D eigenvalue weighted by atomic mass is 9.61. The summed E-state index contributed by atoms with van der Waals surface area (Å²) in [4.78, 5) is 15.3. The van der Waals surface area contributed by atoms with Crippen LogP contribution >= 0.6 is 0 Å². The Morgan fingerprint density at radius 1 is 0.907 bits per heavy atom. The fourth-order valence-corrected chi connectivity index (χ4v) is 6.46. The molecule has 222 valence electrons. The molecule has 8 rings (SSSR count). The van der Waals surface area contributed by atoms with E-state index in [9.17, 15) is 0 Å². The second-order valence-electron chi connectivity index (χ2n) is 12.2. The van der Waals surface area contributed by atoms with Crippen molar-refractivity contribution in [2.45, 2.75) is 39.2 Å². The lowest BCUT2D eigenvalue weighted by molar-refractivity contribution is 0.0470. The topological polar surface area (TPSA) is 90.1 Å². The molecule has 43 heavy (non-hydrogen) atoms. The van der Waals surface area contributed by atoms with Crippen molar-refractivity contribution >= 4 is 44.7 Å². The Kier molecular flexibility index (Phi) is 7.63. The normalized spacial score (nSPS) is 17.7. The molecule has 0 unspecified atom stereocenters. The molecular weight excluding hydrogens is 534 g/mol. The van der Waals surface area contributed by atoms with E-state index in [4.69, 9.17) is 9.72 Å². The number of aromatic amines is 1. The molecule has 4 heterocycles. The minimum atomic E-state index is 0.570. The SMILES string of the molecule is CCC.c1cc(Nc2ccc(-c3nc4ccc(NC5CC6(CNC6)C5)cc4[nH]3)cc2)c2cc(N3CCOCC3)ccc2n1. The molecule has 1 saturated carbocycles. The summed E-state index contributed by atoms with van der Waals surface area (Å²) in [6, 6.07) is 24.0. The quantitative estimate of drug-likeness (QED) is 0.174. The number of nitrogens with one attached hydrogen (secondary N) is 4. The molecule has 1 aliphatic carbocycles. The third-order valence-electron chi connectivity index (χ3n) is 8.75. The Labute approximate surface area is 253 Å². The number of H-pyrrole nitrogens is 1. The van der Waals surface area contributed by atoms with Crippen molar-refractivity contribution in [3.63, 3.8) is 0 Å². The van der Waals surface area contributed by atoms with Crippen molar-refractivity contribution in [2.24, 2.45) is 5.41 Å². The molecule has 4 N–H and O–H groups in total. The average Bonchev–Trinajstić information content (AvgIpc) is 3.43.